The second-order valence-electron chi connectivity index (χ2n) is 7.04. The number of hydrogen-bond acceptors (Lipinski definition) is 5. The van der Waals surface area contributed by atoms with Crippen molar-refractivity contribution in [2.24, 2.45) is 7.05 Å². The first-order valence-electron chi connectivity index (χ1n) is 9.62. The second kappa shape index (κ2) is 8.94. The number of benzene rings is 2. The van der Waals surface area contributed by atoms with E-state index in [0.717, 1.165) is 0 Å². The molecule has 10 heteroatoms. The summed E-state index contributed by atoms with van der Waals surface area (Å²) in [5.74, 6) is -0.186. The van der Waals surface area contributed by atoms with Crippen LogP contribution in [0, 0.1) is 0 Å². The fourth-order valence-corrected chi connectivity index (χ4v) is 3.84. The summed E-state index contributed by atoms with van der Waals surface area (Å²) in [6.07, 6.45) is 1.53. The first-order valence-corrected chi connectivity index (χ1v) is 10.4. The Morgan fingerprint density at radius 1 is 1.03 bits per heavy atom. The number of fused-ring (bicyclic) bond motifs is 1. The van der Waals surface area contributed by atoms with Crippen molar-refractivity contribution in [3.05, 3.63) is 70.3 Å². The molecule has 162 valence electrons. The molecule has 0 aliphatic rings. The third kappa shape index (κ3) is 4.56. The summed E-state index contributed by atoms with van der Waals surface area (Å²) in [7, 11) is 1.73. The van der Waals surface area contributed by atoms with Gasteiger partial charge in [-0.2, -0.15) is 15.0 Å². The summed E-state index contributed by atoms with van der Waals surface area (Å²) in [4.78, 5) is 32.3. The van der Waals surface area contributed by atoms with Crippen molar-refractivity contribution in [2.45, 2.75) is 13.3 Å². The predicted octanol–water partition coefficient (Wildman–Crippen LogP) is 4.54. The van der Waals surface area contributed by atoms with Gasteiger partial charge in [0, 0.05) is 42.0 Å². The van der Waals surface area contributed by atoms with Crippen LogP contribution in [0.3, 0.4) is 0 Å². The fourth-order valence-electron chi connectivity index (χ4n) is 3.31. The number of carbonyl (C=O) groups excluding carboxylic acids is 2. The van der Waals surface area contributed by atoms with Crippen molar-refractivity contribution >= 4 is 63.2 Å². The number of pyridine rings is 1. The van der Waals surface area contributed by atoms with Crippen molar-refractivity contribution in [3.8, 4) is 0 Å². The Bertz CT molecular complexity index is 1320. The van der Waals surface area contributed by atoms with Gasteiger partial charge in [0.25, 0.3) is 0 Å². The molecule has 2 amide bonds. The van der Waals surface area contributed by atoms with Gasteiger partial charge in [0.05, 0.1) is 12.1 Å². The van der Waals surface area contributed by atoms with Gasteiger partial charge in [0.1, 0.15) is 16.9 Å². The second-order valence-corrected chi connectivity index (χ2v) is 7.86. The molecule has 32 heavy (non-hydrogen) atoms. The number of halogens is 2. The predicted molar refractivity (Wildman–Crippen MR) is 124 cm³/mol. The first-order chi connectivity index (χ1) is 15.3. The van der Waals surface area contributed by atoms with E-state index in [-0.39, 0.29) is 18.2 Å². The van der Waals surface area contributed by atoms with Crippen LogP contribution in [0.5, 0.6) is 0 Å². The van der Waals surface area contributed by atoms with E-state index >= 15 is 0 Å². The molecule has 2 aromatic heterocycles. The quantitative estimate of drug-likeness (QED) is 0.464. The Kier molecular flexibility index (Phi) is 6.07. The smallest absolute Gasteiger partial charge is 0.229 e. The van der Waals surface area contributed by atoms with E-state index in [4.69, 9.17) is 23.2 Å². The lowest BCUT2D eigenvalue weighted by atomic mass is 10.1. The van der Waals surface area contributed by atoms with Gasteiger partial charge in [0.2, 0.25) is 11.8 Å². The number of aryl methyl sites for hydroxylation is 1. The molecule has 0 bridgehead atoms. The van der Waals surface area contributed by atoms with Gasteiger partial charge < -0.3 is 5.32 Å². The van der Waals surface area contributed by atoms with Crippen LogP contribution in [0.4, 0.5) is 17.2 Å². The maximum absolute atomic E-state index is 12.6. The maximum atomic E-state index is 12.6. The number of hydrogen-bond donors (Lipinski definition) is 1. The molecule has 0 fully saturated rings. The zero-order valence-electron chi connectivity index (χ0n) is 17.2. The molecule has 0 radical (unpaired) electrons. The van der Waals surface area contributed by atoms with Crippen LogP contribution >= 0.6 is 23.2 Å². The largest absolute Gasteiger partial charge is 0.326 e. The van der Waals surface area contributed by atoms with E-state index in [2.05, 4.69) is 20.5 Å². The van der Waals surface area contributed by atoms with Crippen LogP contribution in [0.25, 0.3) is 11.0 Å². The number of amides is 2. The van der Waals surface area contributed by atoms with Crippen molar-refractivity contribution in [3.63, 3.8) is 0 Å². The molecule has 2 heterocycles. The molecular formula is C22H18Cl2N6O2. The van der Waals surface area contributed by atoms with Crippen LogP contribution in [0.2, 0.25) is 10.0 Å². The molecule has 8 nitrogen and oxygen atoms in total. The molecule has 0 saturated carbocycles. The zero-order valence-corrected chi connectivity index (χ0v) is 18.7. The van der Waals surface area contributed by atoms with Gasteiger partial charge in [-0.15, -0.1) is 0 Å². The van der Waals surface area contributed by atoms with Crippen LogP contribution in [-0.4, -0.2) is 31.8 Å². The molecule has 0 aliphatic carbocycles. The lowest BCUT2D eigenvalue weighted by Crippen LogP contribution is -2.24. The number of aromatic nitrogens is 4. The Balaban J connectivity index is 1.59. The van der Waals surface area contributed by atoms with E-state index in [1.54, 1.807) is 55.6 Å². The average molecular weight is 469 g/mol. The van der Waals surface area contributed by atoms with Gasteiger partial charge in [-0.25, -0.2) is 4.98 Å². The topological polar surface area (TPSA) is 93.0 Å². The van der Waals surface area contributed by atoms with Crippen molar-refractivity contribution in [2.75, 3.05) is 10.2 Å². The van der Waals surface area contributed by atoms with E-state index in [1.165, 1.54) is 22.8 Å². The minimum Gasteiger partial charge on any atom is -0.326 e. The van der Waals surface area contributed by atoms with Crippen molar-refractivity contribution in [1.82, 2.24) is 20.0 Å². The summed E-state index contributed by atoms with van der Waals surface area (Å²) in [6, 6.07) is 13.6. The number of nitrogens with one attached hydrogen (secondary N) is 1. The summed E-state index contributed by atoms with van der Waals surface area (Å²) in [5, 5.41) is 12.2. The van der Waals surface area contributed by atoms with E-state index in [0.29, 0.717) is 43.8 Å². The lowest BCUT2D eigenvalue weighted by molar-refractivity contribution is -0.116. The van der Waals surface area contributed by atoms with E-state index in [1.807, 2.05) is 0 Å². The van der Waals surface area contributed by atoms with Gasteiger partial charge in [0.15, 0.2) is 0 Å². The molecule has 4 rings (SSSR count). The van der Waals surface area contributed by atoms with E-state index in [9.17, 15) is 9.59 Å². The standard InChI is InChI=1S/C22H18Cl2N6O2/c1-13(31)30(15-6-7-19-20(11-15)28-29(2)27-19)21-10-14(8-9-25-21)26-22(32)12-16-17(23)4-3-5-18(16)24/h3-11H,12H2,1-2H3,(H,25,26,32). The van der Waals surface area contributed by atoms with Crippen LogP contribution in [0.1, 0.15) is 12.5 Å². The fraction of sp³-hybridized carbons (Fsp3) is 0.136. The van der Waals surface area contributed by atoms with Crippen molar-refractivity contribution < 1.29 is 9.59 Å². The molecule has 0 unspecified atom stereocenters. The summed E-state index contributed by atoms with van der Waals surface area (Å²) in [5.41, 5.74) is 2.98. The SMILES string of the molecule is CC(=O)N(c1ccc2nn(C)nc2c1)c1cc(NC(=O)Cc2c(Cl)cccc2Cl)ccn1. The maximum Gasteiger partial charge on any atom is 0.229 e. The highest BCUT2D eigenvalue weighted by atomic mass is 35.5. The summed E-state index contributed by atoms with van der Waals surface area (Å²) >= 11 is 12.3. The number of anilines is 3. The highest BCUT2D eigenvalue weighted by Crippen LogP contribution is 2.29. The van der Waals surface area contributed by atoms with E-state index < -0.39 is 0 Å². The molecule has 0 aliphatic heterocycles. The third-order valence-electron chi connectivity index (χ3n) is 4.69. The Morgan fingerprint density at radius 2 is 1.75 bits per heavy atom. The Labute approximate surface area is 193 Å². The minimum atomic E-state index is -0.299. The average Bonchev–Trinajstić information content (AvgIpc) is 3.10. The number of carbonyl (C=O) groups is 2. The molecule has 1 N–H and O–H groups in total. The van der Waals surface area contributed by atoms with Crippen LogP contribution in [0.15, 0.2) is 54.7 Å². The molecule has 0 saturated heterocycles. The number of rotatable bonds is 5. The molecule has 0 spiro atoms. The Hall–Kier alpha value is -3.49. The normalized spacial score (nSPS) is 10.9. The molecule has 4 aromatic rings. The van der Waals surface area contributed by atoms with Gasteiger partial charge in [-0.3, -0.25) is 14.5 Å². The van der Waals surface area contributed by atoms with Crippen molar-refractivity contribution in [1.29, 1.82) is 0 Å². The first kappa shape index (κ1) is 21.7. The molecular weight excluding hydrogens is 451 g/mol. The van der Waals surface area contributed by atoms with Crippen LogP contribution < -0.4 is 10.2 Å². The monoisotopic (exact) mass is 468 g/mol. The summed E-state index contributed by atoms with van der Waals surface area (Å²) in [6.45, 7) is 1.44. The zero-order chi connectivity index (χ0) is 22.8. The Morgan fingerprint density at radius 3 is 2.47 bits per heavy atom. The number of nitrogens with zero attached hydrogens (tertiary/aromatic N) is 5. The minimum absolute atomic E-state index is 0.00985. The van der Waals surface area contributed by atoms with Gasteiger partial charge >= 0.3 is 0 Å². The van der Waals surface area contributed by atoms with Gasteiger partial charge in [-0.1, -0.05) is 29.3 Å². The van der Waals surface area contributed by atoms with Gasteiger partial charge in [-0.05, 0) is 42.0 Å². The highest BCUT2D eigenvalue weighted by molar-refractivity contribution is 6.36. The molecule has 0 atom stereocenters. The lowest BCUT2D eigenvalue weighted by Gasteiger charge is -2.20. The third-order valence-corrected chi connectivity index (χ3v) is 5.40. The van der Waals surface area contributed by atoms with Crippen LogP contribution in [-0.2, 0) is 23.1 Å². The highest BCUT2D eigenvalue weighted by Gasteiger charge is 2.18. The molecule has 2 aromatic carbocycles. The summed E-state index contributed by atoms with van der Waals surface area (Å²) < 4.78 is 0.